The molecule has 0 aliphatic heterocycles. The molecule has 1 rings (SSSR count). The van der Waals surface area contributed by atoms with Gasteiger partial charge in [0.2, 0.25) is 0 Å². The summed E-state index contributed by atoms with van der Waals surface area (Å²) in [6, 6.07) is 6.84. The van der Waals surface area contributed by atoms with E-state index in [-0.39, 0.29) is 0 Å². The van der Waals surface area contributed by atoms with Crippen LogP contribution in [-0.4, -0.2) is 35.6 Å². The van der Waals surface area contributed by atoms with E-state index in [0.717, 1.165) is 31.9 Å². The van der Waals surface area contributed by atoms with Gasteiger partial charge in [-0.15, -0.1) is 0 Å². The zero-order valence-electron chi connectivity index (χ0n) is 13.8. The standard InChI is InChI=1S/C17H31N3/c1-6-11-18-12-14(3)16(5)20(7-2)13-17-10-8-9-15(4)19-17/h8-10,14,16,18H,6-7,11-13H2,1-5H3. The van der Waals surface area contributed by atoms with Gasteiger partial charge in [0.05, 0.1) is 5.69 Å². The summed E-state index contributed by atoms with van der Waals surface area (Å²) in [5.41, 5.74) is 2.27. The van der Waals surface area contributed by atoms with E-state index in [1.54, 1.807) is 0 Å². The molecule has 1 aromatic rings. The third-order valence-corrected chi connectivity index (χ3v) is 4.01. The highest BCUT2D eigenvalue weighted by molar-refractivity contribution is 5.09. The lowest BCUT2D eigenvalue weighted by Gasteiger charge is -2.32. The van der Waals surface area contributed by atoms with Crippen LogP contribution in [0.1, 0.15) is 45.5 Å². The lowest BCUT2D eigenvalue weighted by atomic mass is 10.0. The van der Waals surface area contributed by atoms with Crippen LogP contribution in [0.5, 0.6) is 0 Å². The summed E-state index contributed by atoms with van der Waals surface area (Å²) in [5, 5.41) is 3.53. The van der Waals surface area contributed by atoms with Gasteiger partial charge in [0.15, 0.2) is 0 Å². The molecule has 2 unspecified atom stereocenters. The van der Waals surface area contributed by atoms with Crippen LogP contribution >= 0.6 is 0 Å². The zero-order chi connectivity index (χ0) is 15.0. The Hall–Kier alpha value is -0.930. The minimum absolute atomic E-state index is 0.562. The van der Waals surface area contributed by atoms with Crippen molar-refractivity contribution in [2.24, 2.45) is 5.92 Å². The van der Waals surface area contributed by atoms with Crippen molar-refractivity contribution in [3.05, 3.63) is 29.6 Å². The maximum absolute atomic E-state index is 4.62. The Bertz CT molecular complexity index is 378. The van der Waals surface area contributed by atoms with E-state index in [4.69, 9.17) is 0 Å². The number of nitrogens with zero attached hydrogens (tertiary/aromatic N) is 2. The molecule has 0 fully saturated rings. The smallest absolute Gasteiger partial charge is 0.0547 e. The number of rotatable bonds is 9. The molecule has 3 nitrogen and oxygen atoms in total. The number of hydrogen-bond donors (Lipinski definition) is 1. The number of pyridine rings is 1. The molecule has 1 N–H and O–H groups in total. The average molecular weight is 277 g/mol. The minimum Gasteiger partial charge on any atom is -0.316 e. The van der Waals surface area contributed by atoms with Crippen LogP contribution in [0.25, 0.3) is 0 Å². The van der Waals surface area contributed by atoms with Crippen LogP contribution in [0.4, 0.5) is 0 Å². The van der Waals surface area contributed by atoms with Crippen molar-refractivity contribution < 1.29 is 0 Å². The Morgan fingerprint density at radius 1 is 1.25 bits per heavy atom. The summed E-state index contributed by atoms with van der Waals surface area (Å²) in [4.78, 5) is 7.13. The summed E-state index contributed by atoms with van der Waals surface area (Å²) in [7, 11) is 0. The molecular formula is C17H31N3. The van der Waals surface area contributed by atoms with Crippen molar-refractivity contribution in [2.45, 2.75) is 53.6 Å². The molecule has 0 aliphatic rings. The molecule has 2 atom stereocenters. The summed E-state index contributed by atoms with van der Waals surface area (Å²) >= 11 is 0. The normalized spacial score (nSPS) is 14.5. The lowest BCUT2D eigenvalue weighted by molar-refractivity contribution is 0.157. The van der Waals surface area contributed by atoms with Crippen LogP contribution in [-0.2, 0) is 6.54 Å². The SMILES string of the molecule is CCCNCC(C)C(C)N(CC)Cc1cccc(C)n1. The largest absolute Gasteiger partial charge is 0.316 e. The summed E-state index contributed by atoms with van der Waals surface area (Å²) in [5.74, 6) is 0.645. The molecule has 0 bridgehead atoms. The number of nitrogens with one attached hydrogen (secondary N) is 1. The van der Waals surface area contributed by atoms with Gasteiger partial charge in [-0.1, -0.05) is 26.8 Å². The van der Waals surface area contributed by atoms with Crippen molar-refractivity contribution in [3.63, 3.8) is 0 Å². The molecular weight excluding hydrogens is 246 g/mol. The average Bonchev–Trinajstić information content (AvgIpc) is 2.44. The van der Waals surface area contributed by atoms with Crippen molar-refractivity contribution in [2.75, 3.05) is 19.6 Å². The van der Waals surface area contributed by atoms with E-state index in [0.29, 0.717) is 12.0 Å². The van der Waals surface area contributed by atoms with Gasteiger partial charge < -0.3 is 5.32 Å². The fraction of sp³-hybridized carbons (Fsp3) is 0.706. The van der Waals surface area contributed by atoms with Crippen LogP contribution in [0.3, 0.4) is 0 Å². The molecule has 0 aromatic carbocycles. The summed E-state index contributed by atoms with van der Waals surface area (Å²) in [6.45, 7) is 15.4. The zero-order valence-corrected chi connectivity index (χ0v) is 13.8. The van der Waals surface area contributed by atoms with Crippen LogP contribution in [0.2, 0.25) is 0 Å². The van der Waals surface area contributed by atoms with Crippen molar-refractivity contribution in [1.29, 1.82) is 0 Å². The maximum atomic E-state index is 4.62. The van der Waals surface area contributed by atoms with Crippen molar-refractivity contribution in [1.82, 2.24) is 15.2 Å². The molecule has 0 aliphatic carbocycles. The predicted octanol–water partition coefficient (Wildman–Crippen LogP) is 3.24. The highest BCUT2D eigenvalue weighted by atomic mass is 15.2. The molecule has 3 heteroatoms. The van der Waals surface area contributed by atoms with Gasteiger partial charge in [0, 0.05) is 18.3 Å². The second kappa shape index (κ2) is 9.09. The fourth-order valence-electron chi connectivity index (χ4n) is 2.48. The van der Waals surface area contributed by atoms with Gasteiger partial charge in [0.1, 0.15) is 0 Å². The molecule has 0 radical (unpaired) electrons. The van der Waals surface area contributed by atoms with Gasteiger partial charge in [-0.25, -0.2) is 0 Å². The molecule has 0 amide bonds. The third kappa shape index (κ3) is 5.59. The highest BCUT2D eigenvalue weighted by Gasteiger charge is 2.19. The maximum Gasteiger partial charge on any atom is 0.0547 e. The molecule has 0 saturated carbocycles. The van der Waals surface area contributed by atoms with Crippen LogP contribution < -0.4 is 5.32 Å². The van der Waals surface area contributed by atoms with Crippen molar-refractivity contribution in [3.8, 4) is 0 Å². The molecule has 1 aromatic heterocycles. The Morgan fingerprint density at radius 2 is 2.00 bits per heavy atom. The minimum atomic E-state index is 0.562. The highest BCUT2D eigenvalue weighted by Crippen LogP contribution is 2.13. The van der Waals surface area contributed by atoms with Crippen LogP contribution in [0, 0.1) is 12.8 Å². The number of aryl methyl sites for hydroxylation is 1. The second-order valence-electron chi connectivity index (χ2n) is 5.76. The third-order valence-electron chi connectivity index (χ3n) is 4.01. The Kier molecular flexibility index (Phi) is 7.78. The van der Waals surface area contributed by atoms with Gasteiger partial charge in [-0.05, 0) is 58.0 Å². The first kappa shape index (κ1) is 17.1. The Morgan fingerprint density at radius 3 is 2.60 bits per heavy atom. The molecule has 1 heterocycles. The van der Waals surface area contributed by atoms with Crippen LogP contribution in [0.15, 0.2) is 18.2 Å². The second-order valence-corrected chi connectivity index (χ2v) is 5.76. The quantitative estimate of drug-likeness (QED) is 0.702. The van der Waals surface area contributed by atoms with E-state index >= 15 is 0 Å². The summed E-state index contributed by atoms with van der Waals surface area (Å²) in [6.07, 6.45) is 1.20. The monoisotopic (exact) mass is 277 g/mol. The lowest BCUT2D eigenvalue weighted by Crippen LogP contribution is -2.41. The first-order valence-corrected chi connectivity index (χ1v) is 7.95. The van der Waals surface area contributed by atoms with E-state index in [9.17, 15) is 0 Å². The van der Waals surface area contributed by atoms with E-state index in [2.05, 4.69) is 68.0 Å². The van der Waals surface area contributed by atoms with E-state index in [1.165, 1.54) is 12.1 Å². The first-order chi connectivity index (χ1) is 9.58. The topological polar surface area (TPSA) is 28.2 Å². The van der Waals surface area contributed by atoms with Gasteiger partial charge in [-0.3, -0.25) is 9.88 Å². The van der Waals surface area contributed by atoms with Gasteiger partial charge in [-0.2, -0.15) is 0 Å². The summed E-state index contributed by atoms with van der Waals surface area (Å²) < 4.78 is 0. The fourth-order valence-corrected chi connectivity index (χ4v) is 2.48. The number of aromatic nitrogens is 1. The van der Waals surface area contributed by atoms with Gasteiger partial charge in [0.25, 0.3) is 0 Å². The predicted molar refractivity (Wildman–Crippen MR) is 86.8 cm³/mol. The molecule has 114 valence electrons. The Balaban J connectivity index is 2.56. The number of hydrogen-bond acceptors (Lipinski definition) is 3. The van der Waals surface area contributed by atoms with E-state index in [1.807, 2.05) is 0 Å². The Labute approximate surface area is 124 Å². The molecule has 20 heavy (non-hydrogen) atoms. The van der Waals surface area contributed by atoms with Crippen molar-refractivity contribution >= 4 is 0 Å². The van der Waals surface area contributed by atoms with Gasteiger partial charge >= 0.3 is 0 Å². The molecule has 0 saturated heterocycles. The van der Waals surface area contributed by atoms with E-state index < -0.39 is 0 Å². The molecule has 0 spiro atoms. The first-order valence-electron chi connectivity index (χ1n) is 7.95.